The molecule has 1 aliphatic heterocycles. The van der Waals surface area contributed by atoms with Gasteiger partial charge < -0.3 is 4.90 Å². The van der Waals surface area contributed by atoms with Crippen LogP contribution in [0.5, 0.6) is 0 Å². The quantitative estimate of drug-likeness (QED) is 0.654. The van der Waals surface area contributed by atoms with E-state index < -0.39 is 0 Å². The molecule has 0 spiro atoms. The monoisotopic (exact) mass is 351 g/mol. The van der Waals surface area contributed by atoms with Crippen LogP contribution in [-0.4, -0.2) is 11.9 Å². The lowest BCUT2D eigenvalue weighted by atomic mass is 9.87. The van der Waals surface area contributed by atoms with Gasteiger partial charge in [-0.1, -0.05) is 45.0 Å². The van der Waals surface area contributed by atoms with Crippen LogP contribution in [0, 0.1) is 5.82 Å². The molecule has 3 heteroatoms. The van der Waals surface area contributed by atoms with Gasteiger partial charge >= 0.3 is 0 Å². The predicted octanol–water partition coefficient (Wildman–Crippen LogP) is 5.50. The highest BCUT2D eigenvalue weighted by Gasteiger charge is 2.27. The van der Waals surface area contributed by atoms with Gasteiger partial charge in [-0.2, -0.15) is 0 Å². The minimum Gasteiger partial charge on any atom is -0.306 e. The van der Waals surface area contributed by atoms with Crippen LogP contribution >= 0.6 is 0 Å². The number of anilines is 1. The maximum absolute atomic E-state index is 13.5. The summed E-state index contributed by atoms with van der Waals surface area (Å²) in [5.74, 6) is -0.315. The lowest BCUT2D eigenvalue weighted by molar-refractivity contribution is -0.114. The Labute approximate surface area is 155 Å². The van der Waals surface area contributed by atoms with Gasteiger partial charge in [0.05, 0.1) is 0 Å². The van der Waals surface area contributed by atoms with E-state index in [1.807, 2.05) is 25.1 Å². The largest absolute Gasteiger partial charge is 0.306 e. The van der Waals surface area contributed by atoms with Gasteiger partial charge in [-0.3, -0.25) is 4.79 Å². The molecule has 26 heavy (non-hydrogen) atoms. The Bertz CT molecular complexity index is 830. The molecule has 0 aliphatic carbocycles. The van der Waals surface area contributed by atoms with Crippen LogP contribution < -0.4 is 4.90 Å². The van der Waals surface area contributed by atoms with E-state index in [1.165, 1.54) is 17.7 Å². The Morgan fingerprint density at radius 3 is 2.50 bits per heavy atom. The molecule has 1 amide bonds. The van der Waals surface area contributed by atoms with Crippen LogP contribution in [0.2, 0.25) is 0 Å². The summed E-state index contributed by atoms with van der Waals surface area (Å²) in [4.78, 5) is 14.6. The zero-order valence-corrected chi connectivity index (χ0v) is 15.9. The van der Waals surface area contributed by atoms with Gasteiger partial charge in [-0.05, 0) is 66.1 Å². The Morgan fingerprint density at radius 1 is 1.15 bits per heavy atom. The fraction of sp³-hybridized carbons (Fsp3) is 0.348. The molecule has 0 aromatic heterocycles. The van der Waals surface area contributed by atoms with Crippen LogP contribution in [0.25, 0.3) is 6.08 Å². The SMILES string of the molecule is CC1CCc2cc(F)ccc2N1C(=O)C=Cc1ccc(C(C)(C)C)cc1. The van der Waals surface area contributed by atoms with E-state index in [1.54, 1.807) is 17.0 Å². The standard InChI is InChI=1S/C23H26FNO/c1-16-5-9-18-15-20(24)12-13-21(18)25(16)22(26)14-8-17-6-10-19(11-7-17)23(2,3)4/h6-8,10-16H,5,9H2,1-4H3. The molecule has 1 heterocycles. The van der Waals surface area contributed by atoms with Gasteiger partial charge in [0.1, 0.15) is 5.82 Å². The van der Waals surface area contributed by atoms with Crippen LogP contribution in [0.15, 0.2) is 48.5 Å². The van der Waals surface area contributed by atoms with Crippen molar-refractivity contribution in [3.8, 4) is 0 Å². The van der Waals surface area contributed by atoms with E-state index in [2.05, 4.69) is 32.9 Å². The molecule has 1 atom stereocenters. The number of hydrogen-bond donors (Lipinski definition) is 0. The number of benzene rings is 2. The van der Waals surface area contributed by atoms with Crippen LogP contribution in [0.1, 0.15) is 50.8 Å². The molecular weight excluding hydrogens is 325 g/mol. The smallest absolute Gasteiger partial charge is 0.251 e. The molecule has 0 saturated carbocycles. The minimum absolute atomic E-state index is 0.0649. The summed E-state index contributed by atoms with van der Waals surface area (Å²) < 4.78 is 13.5. The Hall–Kier alpha value is -2.42. The van der Waals surface area contributed by atoms with Gasteiger partial charge in [0, 0.05) is 17.8 Å². The van der Waals surface area contributed by atoms with Crippen molar-refractivity contribution in [2.24, 2.45) is 0 Å². The molecule has 3 rings (SSSR count). The number of nitrogens with zero attached hydrogens (tertiary/aromatic N) is 1. The van der Waals surface area contributed by atoms with E-state index >= 15 is 0 Å². The first-order chi connectivity index (χ1) is 12.3. The average Bonchev–Trinajstić information content (AvgIpc) is 2.59. The first kappa shape index (κ1) is 18.4. The fourth-order valence-corrected chi connectivity index (χ4v) is 3.40. The summed E-state index contributed by atoms with van der Waals surface area (Å²) >= 11 is 0. The van der Waals surface area contributed by atoms with E-state index in [0.717, 1.165) is 29.7 Å². The van der Waals surface area contributed by atoms with Gasteiger partial charge in [0.2, 0.25) is 0 Å². The zero-order chi connectivity index (χ0) is 18.9. The highest BCUT2D eigenvalue weighted by atomic mass is 19.1. The Morgan fingerprint density at radius 2 is 1.85 bits per heavy atom. The first-order valence-corrected chi connectivity index (χ1v) is 9.16. The second kappa shape index (κ2) is 7.06. The number of aryl methyl sites for hydroxylation is 1. The van der Waals surface area contributed by atoms with E-state index in [9.17, 15) is 9.18 Å². The number of halogens is 1. The topological polar surface area (TPSA) is 20.3 Å². The van der Waals surface area contributed by atoms with Crippen LogP contribution in [-0.2, 0) is 16.6 Å². The Kier molecular flexibility index (Phi) is 4.99. The van der Waals surface area contributed by atoms with Gasteiger partial charge in [-0.15, -0.1) is 0 Å². The van der Waals surface area contributed by atoms with Crippen molar-refractivity contribution >= 4 is 17.7 Å². The summed E-state index contributed by atoms with van der Waals surface area (Å²) in [6.45, 7) is 8.58. The van der Waals surface area contributed by atoms with Crippen molar-refractivity contribution in [2.75, 3.05) is 4.90 Å². The third-order valence-corrected chi connectivity index (χ3v) is 5.01. The third-order valence-electron chi connectivity index (χ3n) is 5.01. The number of amides is 1. The predicted molar refractivity (Wildman–Crippen MR) is 106 cm³/mol. The molecule has 0 fully saturated rings. The maximum atomic E-state index is 13.5. The summed E-state index contributed by atoms with van der Waals surface area (Å²) in [5, 5.41) is 0. The molecule has 0 N–H and O–H groups in total. The lowest BCUT2D eigenvalue weighted by Crippen LogP contribution is -2.41. The summed E-state index contributed by atoms with van der Waals surface area (Å²) in [5.41, 5.74) is 4.10. The van der Waals surface area contributed by atoms with E-state index in [0.29, 0.717) is 0 Å². The maximum Gasteiger partial charge on any atom is 0.251 e. The molecule has 0 radical (unpaired) electrons. The minimum atomic E-state index is -0.250. The van der Waals surface area contributed by atoms with Crippen molar-refractivity contribution < 1.29 is 9.18 Å². The summed E-state index contributed by atoms with van der Waals surface area (Å²) in [6.07, 6.45) is 5.10. The first-order valence-electron chi connectivity index (χ1n) is 9.16. The molecule has 2 aromatic rings. The second-order valence-electron chi connectivity index (χ2n) is 8.07. The summed E-state index contributed by atoms with van der Waals surface area (Å²) in [6, 6.07) is 13.1. The van der Waals surface area contributed by atoms with E-state index in [4.69, 9.17) is 0 Å². The fourth-order valence-electron chi connectivity index (χ4n) is 3.40. The van der Waals surface area contributed by atoms with Crippen LogP contribution in [0.4, 0.5) is 10.1 Å². The number of carbonyl (C=O) groups excluding carboxylic acids is 1. The van der Waals surface area contributed by atoms with Crippen molar-refractivity contribution in [1.82, 2.24) is 0 Å². The molecular formula is C23H26FNO. The normalized spacial score (nSPS) is 17.4. The van der Waals surface area contributed by atoms with Crippen LogP contribution in [0.3, 0.4) is 0 Å². The van der Waals surface area contributed by atoms with Crippen molar-refractivity contribution in [2.45, 2.75) is 52.0 Å². The molecule has 136 valence electrons. The molecule has 0 bridgehead atoms. The van der Waals surface area contributed by atoms with Gasteiger partial charge in [0.15, 0.2) is 0 Å². The zero-order valence-electron chi connectivity index (χ0n) is 15.9. The molecule has 1 unspecified atom stereocenters. The third kappa shape index (κ3) is 3.87. The number of fused-ring (bicyclic) bond motifs is 1. The van der Waals surface area contributed by atoms with Crippen molar-refractivity contribution in [1.29, 1.82) is 0 Å². The van der Waals surface area contributed by atoms with Crippen molar-refractivity contribution in [3.05, 3.63) is 71.0 Å². The lowest BCUT2D eigenvalue weighted by Gasteiger charge is -2.34. The Balaban J connectivity index is 1.80. The molecule has 2 aromatic carbocycles. The number of hydrogen-bond acceptors (Lipinski definition) is 1. The van der Waals surface area contributed by atoms with Crippen molar-refractivity contribution in [3.63, 3.8) is 0 Å². The average molecular weight is 351 g/mol. The van der Waals surface area contributed by atoms with Gasteiger partial charge in [0.25, 0.3) is 5.91 Å². The summed E-state index contributed by atoms with van der Waals surface area (Å²) in [7, 11) is 0. The molecule has 0 saturated heterocycles. The molecule has 2 nitrogen and oxygen atoms in total. The highest BCUT2D eigenvalue weighted by Crippen LogP contribution is 2.31. The highest BCUT2D eigenvalue weighted by molar-refractivity contribution is 6.05. The number of rotatable bonds is 2. The van der Waals surface area contributed by atoms with Gasteiger partial charge in [-0.25, -0.2) is 4.39 Å². The van der Waals surface area contributed by atoms with E-state index in [-0.39, 0.29) is 23.2 Å². The molecule has 1 aliphatic rings. The second-order valence-corrected chi connectivity index (χ2v) is 8.07. The number of carbonyl (C=O) groups is 1.